The molecule has 0 fully saturated rings. The summed E-state index contributed by atoms with van der Waals surface area (Å²) in [7, 11) is 0. The van der Waals surface area contributed by atoms with E-state index < -0.39 is 0 Å². The third-order valence-corrected chi connectivity index (χ3v) is 8.18. The second-order valence-corrected chi connectivity index (χ2v) is 11.3. The molecule has 228 valence electrons. The highest BCUT2D eigenvalue weighted by Gasteiger charge is 2.22. The second kappa shape index (κ2) is 13.0. The van der Waals surface area contributed by atoms with Gasteiger partial charge in [0.2, 0.25) is 0 Å². The maximum Gasteiger partial charge on any atom is 0.159 e. The van der Waals surface area contributed by atoms with Crippen LogP contribution in [0.1, 0.15) is 22.9 Å². The number of nitrogens with one attached hydrogen (secondary N) is 1. The average Bonchev–Trinajstić information content (AvgIpc) is 3.19. The zero-order chi connectivity index (χ0) is 32.1. The molecule has 1 aliphatic rings. The Labute approximate surface area is 278 Å². The number of hydrogen-bond acceptors (Lipinski definition) is 7. The van der Waals surface area contributed by atoms with Gasteiger partial charge in [-0.3, -0.25) is 0 Å². The Morgan fingerprint density at radius 3 is 1.38 bits per heavy atom. The maximum absolute atomic E-state index is 5.16. The van der Waals surface area contributed by atoms with E-state index in [0.717, 1.165) is 55.9 Å². The molecule has 0 saturated carbocycles. The standard InChI is InChI=1S/C41H29N7/c1-3-9-30(10-4-1)39-46-40(31-11-5-2-6-12-31)48-41(47-39)36-26-34(28-13-17-32(18-14-28)37-42-21-7-22-43-37)25-35(27-36)29-15-19-33(20-16-29)38-44-23-8-24-45-38/h1-27,39H,(H,46,47,48). The van der Waals surface area contributed by atoms with Gasteiger partial charge in [0.1, 0.15) is 12.0 Å². The summed E-state index contributed by atoms with van der Waals surface area (Å²) in [6.07, 6.45) is 6.74. The maximum atomic E-state index is 5.16. The highest BCUT2D eigenvalue weighted by atomic mass is 15.2. The van der Waals surface area contributed by atoms with E-state index in [9.17, 15) is 0 Å². The van der Waals surface area contributed by atoms with Crippen LogP contribution in [0.15, 0.2) is 174 Å². The number of aliphatic imine (C=N–C) groups is 2. The number of aromatic nitrogens is 4. The molecule has 7 nitrogen and oxygen atoms in total. The SMILES string of the molecule is c1ccc(C2=NC(c3cc(-c4ccc(-c5ncccn5)cc4)cc(-c4ccc(-c5ncccn5)cc4)c3)=NC(c3ccccc3)N2)cc1. The summed E-state index contributed by atoms with van der Waals surface area (Å²) >= 11 is 0. The fourth-order valence-corrected chi connectivity index (χ4v) is 5.74. The van der Waals surface area contributed by atoms with Crippen LogP contribution in [-0.4, -0.2) is 31.6 Å². The Balaban J connectivity index is 1.25. The van der Waals surface area contributed by atoms with Crippen molar-refractivity contribution in [1.29, 1.82) is 0 Å². The average molecular weight is 620 g/mol. The van der Waals surface area contributed by atoms with Crippen molar-refractivity contribution in [2.45, 2.75) is 6.17 Å². The topological polar surface area (TPSA) is 88.3 Å². The van der Waals surface area contributed by atoms with E-state index in [1.54, 1.807) is 24.8 Å². The first-order chi connectivity index (χ1) is 23.8. The summed E-state index contributed by atoms with van der Waals surface area (Å²) < 4.78 is 0. The highest BCUT2D eigenvalue weighted by molar-refractivity contribution is 6.13. The Morgan fingerprint density at radius 1 is 0.396 bits per heavy atom. The highest BCUT2D eigenvalue weighted by Crippen LogP contribution is 2.32. The minimum absolute atomic E-state index is 0.295. The van der Waals surface area contributed by atoms with Crippen molar-refractivity contribution in [3.05, 3.63) is 181 Å². The quantitative estimate of drug-likeness (QED) is 0.194. The van der Waals surface area contributed by atoms with Crippen LogP contribution in [0.4, 0.5) is 0 Å². The third kappa shape index (κ3) is 6.12. The molecule has 0 bridgehead atoms. The molecule has 0 radical (unpaired) electrons. The molecular formula is C41H29N7. The number of nitrogens with zero attached hydrogens (tertiary/aromatic N) is 6. The lowest BCUT2D eigenvalue weighted by Crippen LogP contribution is -2.33. The molecule has 0 aliphatic carbocycles. The summed E-state index contributed by atoms with van der Waals surface area (Å²) in [5.74, 6) is 2.83. The molecule has 1 N–H and O–H groups in total. The van der Waals surface area contributed by atoms with Crippen molar-refractivity contribution in [3.8, 4) is 45.0 Å². The Morgan fingerprint density at radius 2 is 0.854 bits per heavy atom. The lowest BCUT2D eigenvalue weighted by Gasteiger charge is -2.24. The van der Waals surface area contributed by atoms with E-state index in [2.05, 4.69) is 116 Å². The zero-order valence-corrected chi connectivity index (χ0v) is 25.8. The molecule has 7 aromatic rings. The van der Waals surface area contributed by atoms with E-state index in [1.807, 2.05) is 48.5 Å². The van der Waals surface area contributed by atoms with Crippen molar-refractivity contribution in [3.63, 3.8) is 0 Å². The Bertz CT molecular complexity index is 2120. The molecule has 1 atom stereocenters. The summed E-state index contributed by atoms with van der Waals surface area (Å²) in [6.45, 7) is 0. The first kappa shape index (κ1) is 28.8. The Kier molecular flexibility index (Phi) is 7.83. The minimum Gasteiger partial charge on any atom is -0.344 e. The third-order valence-electron chi connectivity index (χ3n) is 8.18. The molecule has 2 aromatic heterocycles. The van der Waals surface area contributed by atoms with Crippen LogP contribution >= 0.6 is 0 Å². The molecule has 0 amide bonds. The van der Waals surface area contributed by atoms with E-state index in [-0.39, 0.29) is 6.17 Å². The fraction of sp³-hybridized carbons (Fsp3) is 0.0244. The van der Waals surface area contributed by atoms with Crippen LogP contribution in [0.2, 0.25) is 0 Å². The van der Waals surface area contributed by atoms with E-state index in [1.165, 1.54) is 0 Å². The van der Waals surface area contributed by atoms with Gasteiger partial charge in [-0.1, -0.05) is 109 Å². The molecule has 8 rings (SSSR count). The molecular weight excluding hydrogens is 591 g/mol. The first-order valence-corrected chi connectivity index (χ1v) is 15.7. The van der Waals surface area contributed by atoms with Crippen LogP contribution in [0.5, 0.6) is 0 Å². The van der Waals surface area contributed by atoms with Gasteiger partial charge in [0.05, 0.1) is 0 Å². The van der Waals surface area contributed by atoms with Gasteiger partial charge >= 0.3 is 0 Å². The number of benzene rings is 5. The van der Waals surface area contributed by atoms with Gasteiger partial charge in [0.25, 0.3) is 0 Å². The normalized spacial score (nSPS) is 14.0. The smallest absolute Gasteiger partial charge is 0.159 e. The van der Waals surface area contributed by atoms with Gasteiger partial charge in [-0.2, -0.15) is 0 Å². The number of rotatable bonds is 7. The summed E-state index contributed by atoms with van der Waals surface area (Å²) in [6, 6.07) is 47.3. The molecule has 1 aliphatic heterocycles. The van der Waals surface area contributed by atoms with Gasteiger partial charge in [0, 0.05) is 47.0 Å². The van der Waals surface area contributed by atoms with Crippen molar-refractivity contribution in [2.24, 2.45) is 9.98 Å². The molecule has 3 heterocycles. The van der Waals surface area contributed by atoms with Gasteiger partial charge < -0.3 is 5.32 Å². The first-order valence-electron chi connectivity index (χ1n) is 15.7. The largest absolute Gasteiger partial charge is 0.344 e. The monoisotopic (exact) mass is 619 g/mol. The molecule has 5 aromatic carbocycles. The molecule has 0 spiro atoms. The van der Waals surface area contributed by atoms with Gasteiger partial charge in [-0.05, 0) is 58.1 Å². The predicted molar refractivity (Wildman–Crippen MR) is 191 cm³/mol. The summed E-state index contributed by atoms with van der Waals surface area (Å²) in [5, 5.41) is 3.56. The van der Waals surface area contributed by atoms with Crippen LogP contribution in [0.25, 0.3) is 45.0 Å². The minimum atomic E-state index is -0.295. The molecule has 1 unspecified atom stereocenters. The van der Waals surface area contributed by atoms with Crippen LogP contribution < -0.4 is 5.32 Å². The van der Waals surface area contributed by atoms with Gasteiger partial charge in [-0.25, -0.2) is 29.9 Å². The van der Waals surface area contributed by atoms with Crippen LogP contribution in [0, 0.1) is 0 Å². The van der Waals surface area contributed by atoms with Crippen LogP contribution in [0.3, 0.4) is 0 Å². The van der Waals surface area contributed by atoms with E-state index in [4.69, 9.17) is 9.98 Å². The van der Waals surface area contributed by atoms with Gasteiger partial charge in [0.15, 0.2) is 17.5 Å². The van der Waals surface area contributed by atoms with Crippen molar-refractivity contribution < 1.29 is 0 Å². The molecule has 7 heteroatoms. The lowest BCUT2D eigenvalue weighted by molar-refractivity contribution is 0.674. The Hall–Kier alpha value is -6.60. The lowest BCUT2D eigenvalue weighted by atomic mass is 9.94. The van der Waals surface area contributed by atoms with Crippen molar-refractivity contribution >= 4 is 11.7 Å². The van der Waals surface area contributed by atoms with Crippen LogP contribution in [-0.2, 0) is 0 Å². The number of hydrogen-bond donors (Lipinski definition) is 1. The predicted octanol–water partition coefficient (Wildman–Crippen LogP) is 8.43. The summed E-state index contributed by atoms with van der Waals surface area (Å²) in [5.41, 5.74) is 9.12. The number of amidine groups is 2. The van der Waals surface area contributed by atoms with Gasteiger partial charge in [-0.15, -0.1) is 0 Å². The second-order valence-electron chi connectivity index (χ2n) is 11.3. The van der Waals surface area contributed by atoms with E-state index >= 15 is 0 Å². The van der Waals surface area contributed by atoms with Crippen molar-refractivity contribution in [2.75, 3.05) is 0 Å². The molecule has 0 saturated heterocycles. The fourth-order valence-electron chi connectivity index (χ4n) is 5.74. The van der Waals surface area contributed by atoms with Crippen molar-refractivity contribution in [1.82, 2.24) is 25.3 Å². The zero-order valence-electron chi connectivity index (χ0n) is 25.8. The molecule has 48 heavy (non-hydrogen) atoms. The van der Waals surface area contributed by atoms with E-state index in [0.29, 0.717) is 17.5 Å². The summed E-state index contributed by atoms with van der Waals surface area (Å²) in [4.78, 5) is 27.9.